The number of piperazine rings is 1. The number of hydrogen-bond acceptors (Lipinski definition) is 2. The molecule has 3 nitrogen and oxygen atoms in total. The number of hydrogen-bond donors (Lipinski definition) is 1. The summed E-state index contributed by atoms with van der Waals surface area (Å²) < 4.78 is 0. The van der Waals surface area contributed by atoms with Crippen LogP contribution in [0.2, 0.25) is 10.0 Å². The Hall–Kier alpha value is -0.770. The zero-order valence-corrected chi connectivity index (χ0v) is 13.2. The Labute approximate surface area is 130 Å². The van der Waals surface area contributed by atoms with Gasteiger partial charge in [-0.1, -0.05) is 30.1 Å². The molecule has 110 valence electrons. The average molecular weight is 315 g/mol. The van der Waals surface area contributed by atoms with Gasteiger partial charge in [-0.2, -0.15) is 0 Å². The van der Waals surface area contributed by atoms with Crippen molar-refractivity contribution < 1.29 is 4.79 Å². The van der Waals surface area contributed by atoms with Gasteiger partial charge in [-0.3, -0.25) is 4.79 Å². The van der Waals surface area contributed by atoms with Gasteiger partial charge in [-0.15, -0.1) is 0 Å². The smallest absolute Gasteiger partial charge is 0.222 e. The van der Waals surface area contributed by atoms with Crippen LogP contribution in [0.15, 0.2) is 18.2 Å². The first-order chi connectivity index (χ1) is 9.56. The third-order valence-electron chi connectivity index (χ3n) is 3.71. The molecule has 1 saturated heterocycles. The van der Waals surface area contributed by atoms with Crippen molar-refractivity contribution in [2.45, 2.75) is 25.7 Å². The maximum absolute atomic E-state index is 12.1. The molecule has 2 rings (SSSR count). The Balaban J connectivity index is 1.87. The number of carbonyl (C=O) groups excluding carboxylic acids is 1. The van der Waals surface area contributed by atoms with Crippen LogP contribution in [0.4, 0.5) is 0 Å². The third-order valence-corrected chi connectivity index (χ3v) is 4.15. The fraction of sp³-hybridized carbons (Fsp3) is 0.533. The van der Waals surface area contributed by atoms with E-state index < -0.39 is 0 Å². The van der Waals surface area contributed by atoms with E-state index in [0.717, 1.165) is 38.2 Å². The van der Waals surface area contributed by atoms with Gasteiger partial charge in [-0.25, -0.2) is 0 Å². The van der Waals surface area contributed by atoms with Crippen LogP contribution in [-0.2, 0) is 4.79 Å². The lowest BCUT2D eigenvalue weighted by Crippen LogP contribution is -2.46. The van der Waals surface area contributed by atoms with E-state index in [1.165, 1.54) is 0 Å². The summed E-state index contributed by atoms with van der Waals surface area (Å²) in [5.74, 6) is 0.518. The lowest BCUT2D eigenvalue weighted by Gasteiger charge is -2.28. The summed E-state index contributed by atoms with van der Waals surface area (Å²) in [5, 5.41) is 4.54. The van der Waals surface area contributed by atoms with Gasteiger partial charge in [0.2, 0.25) is 5.91 Å². The van der Waals surface area contributed by atoms with Crippen LogP contribution in [0.5, 0.6) is 0 Å². The third kappa shape index (κ3) is 4.37. The molecule has 0 radical (unpaired) electrons. The molecule has 1 aliphatic rings. The highest BCUT2D eigenvalue weighted by Gasteiger charge is 2.17. The lowest BCUT2D eigenvalue weighted by molar-refractivity contribution is -0.131. The normalized spacial score (nSPS) is 17.1. The van der Waals surface area contributed by atoms with Crippen molar-refractivity contribution in [2.24, 2.45) is 0 Å². The number of rotatable bonds is 4. The van der Waals surface area contributed by atoms with Crippen LogP contribution in [0.3, 0.4) is 0 Å². The fourth-order valence-electron chi connectivity index (χ4n) is 2.44. The highest BCUT2D eigenvalue weighted by molar-refractivity contribution is 6.34. The Morgan fingerprint density at radius 3 is 2.45 bits per heavy atom. The van der Waals surface area contributed by atoms with E-state index in [4.69, 9.17) is 23.2 Å². The Morgan fingerprint density at radius 2 is 1.85 bits per heavy atom. The Bertz CT molecular complexity index is 453. The van der Waals surface area contributed by atoms with E-state index in [9.17, 15) is 4.79 Å². The molecule has 0 aromatic heterocycles. The molecule has 1 fully saturated rings. The summed E-state index contributed by atoms with van der Waals surface area (Å²) in [5.41, 5.74) is 1.09. The molecule has 1 amide bonds. The standard InChI is InChI=1S/C15H20Cl2N2O/c1-11(12-8-13(16)10-14(17)9-12)2-3-15(20)19-6-4-18-5-7-19/h8-11,18H,2-7H2,1H3. The number of nitrogens with one attached hydrogen (secondary N) is 1. The first kappa shape index (κ1) is 15.6. The molecule has 1 aromatic rings. The maximum Gasteiger partial charge on any atom is 0.222 e. The minimum Gasteiger partial charge on any atom is -0.340 e. The first-order valence-electron chi connectivity index (χ1n) is 7.01. The number of halogens is 2. The molecule has 20 heavy (non-hydrogen) atoms. The van der Waals surface area contributed by atoms with Crippen molar-refractivity contribution in [3.05, 3.63) is 33.8 Å². The van der Waals surface area contributed by atoms with Crippen molar-refractivity contribution >= 4 is 29.1 Å². The summed E-state index contributed by atoms with van der Waals surface area (Å²) in [4.78, 5) is 14.1. The van der Waals surface area contributed by atoms with E-state index in [1.807, 2.05) is 17.0 Å². The predicted octanol–water partition coefficient (Wildman–Crippen LogP) is 3.31. The van der Waals surface area contributed by atoms with Gasteiger partial charge in [0.1, 0.15) is 0 Å². The molecule has 1 atom stereocenters. The van der Waals surface area contributed by atoms with Crippen LogP contribution >= 0.6 is 23.2 Å². The van der Waals surface area contributed by atoms with Gasteiger partial charge < -0.3 is 10.2 Å². The second-order valence-corrected chi connectivity index (χ2v) is 6.15. The second kappa shape index (κ2) is 7.30. The van der Waals surface area contributed by atoms with E-state index in [2.05, 4.69) is 12.2 Å². The highest BCUT2D eigenvalue weighted by Crippen LogP contribution is 2.27. The Kier molecular flexibility index (Phi) is 5.70. The SMILES string of the molecule is CC(CCC(=O)N1CCNCC1)c1cc(Cl)cc(Cl)c1. The van der Waals surface area contributed by atoms with Gasteiger partial charge in [0.15, 0.2) is 0 Å². The molecular weight excluding hydrogens is 295 g/mol. The average Bonchev–Trinajstić information content (AvgIpc) is 2.44. The molecule has 0 bridgehead atoms. The van der Waals surface area contributed by atoms with E-state index >= 15 is 0 Å². The summed E-state index contributed by atoms with van der Waals surface area (Å²) in [6, 6.07) is 5.58. The lowest BCUT2D eigenvalue weighted by atomic mass is 9.96. The zero-order chi connectivity index (χ0) is 14.5. The molecule has 1 heterocycles. The topological polar surface area (TPSA) is 32.3 Å². The highest BCUT2D eigenvalue weighted by atomic mass is 35.5. The fourth-order valence-corrected chi connectivity index (χ4v) is 2.98. The largest absolute Gasteiger partial charge is 0.340 e. The van der Waals surface area contributed by atoms with Crippen molar-refractivity contribution in [3.8, 4) is 0 Å². The summed E-state index contributed by atoms with van der Waals surface area (Å²) in [6.07, 6.45) is 1.39. The molecule has 0 saturated carbocycles. The van der Waals surface area contributed by atoms with Crippen molar-refractivity contribution in [1.29, 1.82) is 0 Å². The van der Waals surface area contributed by atoms with Crippen LogP contribution < -0.4 is 5.32 Å². The minimum absolute atomic E-state index is 0.242. The molecule has 1 aliphatic heterocycles. The quantitative estimate of drug-likeness (QED) is 0.924. The summed E-state index contributed by atoms with van der Waals surface area (Å²) >= 11 is 12.0. The molecular formula is C15H20Cl2N2O. The van der Waals surface area contributed by atoms with Crippen LogP contribution in [0, 0.1) is 0 Å². The van der Waals surface area contributed by atoms with Crippen molar-refractivity contribution in [3.63, 3.8) is 0 Å². The number of nitrogens with zero attached hydrogens (tertiary/aromatic N) is 1. The van der Waals surface area contributed by atoms with Crippen molar-refractivity contribution in [2.75, 3.05) is 26.2 Å². The zero-order valence-electron chi connectivity index (χ0n) is 11.7. The predicted molar refractivity (Wildman–Crippen MR) is 83.6 cm³/mol. The maximum atomic E-state index is 12.1. The van der Waals surface area contributed by atoms with E-state index in [-0.39, 0.29) is 11.8 Å². The van der Waals surface area contributed by atoms with Gasteiger partial charge in [-0.05, 0) is 36.1 Å². The number of carbonyl (C=O) groups is 1. The van der Waals surface area contributed by atoms with Crippen LogP contribution in [0.25, 0.3) is 0 Å². The van der Waals surface area contributed by atoms with E-state index in [1.54, 1.807) is 6.07 Å². The van der Waals surface area contributed by atoms with Gasteiger partial charge >= 0.3 is 0 Å². The molecule has 0 spiro atoms. The molecule has 5 heteroatoms. The van der Waals surface area contributed by atoms with Gasteiger partial charge in [0.05, 0.1) is 0 Å². The summed E-state index contributed by atoms with van der Waals surface area (Å²) in [6.45, 7) is 5.52. The van der Waals surface area contributed by atoms with Crippen molar-refractivity contribution in [1.82, 2.24) is 10.2 Å². The molecule has 1 unspecified atom stereocenters. The number of amides is 1. The number of benzene rings is 1. The first-order valence-corrected chi connectivity index (χ1v) is 7.76. The van der Waals surface area contributed by atoms with Crippen LogP contribution in [0.1, 0.15) is 31.2 Å². The minimum atomic E-state index is 0.242. The van der Waals surface area contributed by atoms with Crippen LogP contribution in [-0.4, -0.2) is 37.0 Å². The van der Waals surface area contributed by atoms with Gasteiger partial charge in [0.25, 0.3) is 0 Å². The van der Waals surface area contributed by atoms with E-state index in [0.29, 0.717) is 16.5 Å². The monoisotopic (exact) mass is 314 g/mol. The van der Waals surface area contributed by atoms with Gasteiger partial charge in [0, 0.05) is 42.6 Å². The second-order valence-electron chi connectivity index (χ2n) is 5.27. The molecule has 1 N–H and O–H groups in total. The molecule has 1 aromatic carbocycles. The molecule has 0 aliphatic carbocycles. The Morgan fingerprint density at radius 1 is 1.25 bits per heavy atom. The summed E-state index contributed by atoms with van der Waals surface area (Å²) in [7, 11) is 0.